The van der Waals surface area contributed by atoms with Crippen molar-refractivity contribution in [3.63, 3.8) is 0 Å². The molecule has 1 heterocycles. The SMILES string of the molecule is COc1ccccc1C(=O)Sc1cccc2cccnc12. The Morgan fingerprint density at radius 1 is 1.05 bits per heavy atom. The van der Waals surface area contributed by atoms with E-state index in [0.29, 0.717) is 11.3 Å². The molecule has 3 aromatic rings. The molecule has 0 saturated carbocycles. The van der Waals surface area contributed by atoms with Crippen molar-refractivity contribution in [3.05, 3.63) is 66.4 Å². The van der Waals surface area contributed by atoms with Gasteiger partial charge in [-0.2, -0.15) is 0 Å². The lowest BCUT2D eigenvalue weighted by Gasteiger charge is -2.08. The Morgan fingerprint density at radius 3 is 2.71 bits per heavy atom. The number of methoxy groups -OCH3 is 1. The molecule has 3 rings (SSSR count). The number of fused-ring (bicyclic) bond motifs is 1. The number of rotatable bonds is 3. The van der Waals surface area contributed by atoms with Crippen LogP contribution in [0.3, 0.4) is 0 Å². The van der Waals surface area contributed by atoms with Gasteiger partial charge in [-0.3, -0.25) is 9.78 Å². The molecule has 0 aliphatic heterocycles. The Hall–Kier alpha value is -2.33. The van der Waals surface area contributed by atoms with Crippen LogP contribution in [0.15, 0.2) is 65.7 Å². The van der Waals surface area contributed by atoms with Crippen LogP contribution >= 0.6 is 11.8 Å². The summed E-state index contributed by atoms with van der Waals surface area (Å²) in [5.74, 6) is 0.586. The van der Waals surface area contributed by atoms with Crippen molar-refractivity contribution in [1.82, 2.24) is 4.98 Å². The first-order valence-corrected chi connectivity index (χ1v) is 7.30. The van der Waals surface area contributed by atoms with E-state index in [2.05, 4.69) is 4.98 Å². The number of nitrogens with zero attached hydrogens (tertiary/aromatic N) is 1. The zero-order valence-electron chi connectivity index (χ0n) is 11.4. The van der Waals surface area contributed by atoms with E-state index in [0.717, 1.165) is 15.8 Å². The molecular formula is C17H13NO2S. The van der Waals surface area contributed by atoms with Crippen LogP contribution in [0.2, 0.25) is 0 Å². The molecule has 0 spiro atoms. The molecule has 1 aromatic heterocycles. The van der Waals surface area contributed by atoms with Crippen LogP contribution in [0.5, 0.6) is 5.75 Å². The van der Waals surface area contributed by atoms with Crippen LogP contribution in [0.4, 0.5) is 0 Å². The third-order valence-corrected chi connectivity index (χ3v) is 4.08. The van der Waals surface area contributed by atoms with Crippen LogP contribution in [-0.2, 0) is 0 Å². The predicted octanol–water partition coefficient (Wildman–Crippen LogP) is 4.18. The van der Waals surface area contributed by atoms with E-state index in [-0.39, 0.29) is 5.12 Å². The second-order valence-electron chi connectivity index (χ2n) is 4.42. The Labute approximate surface area is 127 Å². The molecule has 0 aliphatic rings. The van der Waals surface area contributed by atoms with Gasteiger partial charge >= 0.3 is 0 Å². The molecular weight excluding hydrogens is 282 g/mol. The fourth-order valence-corrected chi connectivity index (χ4v) is 3.02. The molecule has 2 aromatic carbocycles. The van der Waals surface area contributed by atoms with Crippen molar-refractivity contribution in [2.75, 3.05) is 7.11 Å². The highest BCUT2D eigenvalue weighted by molar-refractivity contribution is 8.14. The van der Waals surface area contributed by atoms with Crippen molar-refractivity contribution in [2.24, 2.45) is 0 Å². The summed E-state index contributed by atoms with van der Waals surface area (Å²) in [6.07, 6.45) is 1.74. The number of hydrogen-bond donors (Lipinski definition) is 0. The van der Waals surface area contributed by atoms with Gasteiger partial charge in [-0.15, -0.1) is 0 Å². The lowest BCUT2D eigenvalue weighted by molar-refractivity contribution is 0.108. The van der Waals surface area contributed by atoms with E-state index >= 15 is 0 Å². The molecule has 21 heavy (non-hydrogen) atoms. The molecule has 0 fully saturated rings. The summed E-state index contributed by atoms with van der Waals surface area (Å²) in [5, 5.41) is 0.973. The number of carbonyl (C=O) groups excluding carboxylic acids is 1. The third kappa shape index (κ3) is 2.76. The first-order valence-electron chi connectivity index (χ1n) is 6.48. The number of hydrogen-bond acceptors (Lipinski definition) is 4. The van der Waals surface area contributed by atoms with Gasteiger partial charge in [-0.25, -0.2) is 0 Å². The second kappa shape index (κ2) is 5.97. The maximum atomic E-state index is 12.5. The van der Waals surface area contributed by atoms with Crippen LogP contribution < -0.4 is 4.74 Å². The second-order valence-corrected chi connectivity index (χ2v) is 5.44. The zero-order valence-corrected chi connectivity index (χ0v) is 12.3. The molecule has 0 unspecified atom stereocenters. The standard InChI is InChI=1S/C17H13NO2S/c1-20-14-9-3-2-8-13(14)17(19)21-15-10-4-6-12-7-5-11-18-16(12)15/h2-11H,1H3. The van der Waals surface area contributed by atoms with Gasteiger partial charge in [0.05, 0.1) is 18.2 Å². The number of benzene rings is 2. The third-order valence-electron chi connectivity index (χ3n) is 3.13. The van der Waals surface area contributed by atoms with Crippen molar-refractivity contribution in [1.29, 1.82) is 0 Å². The van der Waals surface area contributed by atoms with Gasteiger partial charge in [-0.05, 0) is 36.0 Å². The summed E-state index contributed by atoms with van der Waals surface area (Å²) in [6.45, 7) is 0. The Balaban J connectivity index is 1.97. The molecule has 0 radical (unpaired) electrons. The molecule has 4 heteroatoms. The van der Waals surface area contributed by atoms with Gasteiger partial charge in [0.15, 0.2) is 0 Å². The van der Waals surface area contributed by atoms with E-state index in [1.54, 1.807) is 25.4 Å². The maximum absolute atomic E-state index is 12.5. The number of thioether (sulfide) groups is 1. The lowest BCUT2D eigenvalue weighted by Crippen LogP contribution is -1.98. The number of aromatic nitrogens is 1. The topological polar surface area (TPSA) is 39.2 Å². The predicted molar refractivity (Wildman–Crippen MR) is 84.9 cm³/mol. The molecule has 0 N–H and O–H groups in total. The van der Waals surface area contributed by atoms with Crippen LogP contribution in [0.25, 0.3) is 10.9 Å². The number of ether oxygens (including phenoxy) is 1. The van der Waals surface area contributed by atoms with Gasteiger partial charge in [0.1, 0.15) is 5.75 Å². The summed E-state index contributed by atoms with van der Waals surface area (Å²) >= 11 is 1.17. The van der Waals surface area contributed by atoms with E-state index in [1.165, 1.54) is 11.8 Å². The summed E-state index contributed by atoms with van der Waals surface area (Å²) < 4.78 is 5.24. The molecule has 0 bridgehead atoms. The number of carbonyl (C=O) groups is 1. The molecule has 104 valence electrons. The minimum absolute atomic E-state index is 0.0504. The van der Waals surface area contributed by atoms with E-state index in [4.69, 9.17) is 4.74 Å². The monoisotopic (exact) mass is 295 g/mol. The largest absolute Gasteiger partial charge is 0.496 e. The summed E-state index contributed by atoms with van der Waals surface area (Å²) in [5.41, 5.74) is 1.41. The number of pyridine rings is 1. The highest BCUT2D eigenvalue weighted by Gasteiger charge is 2.14. The normalized spacial score (nSPS) is 10.5. The van der Waals surface area contributed by atoms with E-state index in [1.807, 2.05) is 42.5 Å². The van der Waals surface area contributed by atoms with Crippen LogP contribution in [0, 0.1) is 0 Å². The van der Waals surface area contributed by atoms with E-state index < -0.39 is 0 Å². The zero-order chi connectivity index (χ0) is 14.7. The first-order chi connectivity index (χ1) is 10.3. The van der Waals surface area contributed by atoms with Gasteiger partial charge in [-0.1, -0.05) is 30.3 Å². The lowest BCUT2D eigenvalue weighted by atomic mass is 10.2. The van der Waals surface area contributed by atoms with Crippen LogP contribution in [0.1, 0.15) is 10.4 Å². The minimum atomic E-state index is -0.0504. The van der Waals surface area contributed by atoms with Crippen molar-refractivity contribution >= 4 is 27.8 Å². The average Bonchev–Trinajstić information content (AvgIpc) is 2.55. The maximum Gasteiger partial charge on any atom is 0.227 e. The minimum Gasteiger partial charge on any atom is -0.496 e. The van der Waals surface area contributed by atoms with Gasteiger partial charge < -0.3 is 4.74 Å². The Kier molecular flexibility index (Phi) is 3.88. The summed E-state index contributed by atoms with van der Waals surface area (Å²) in [6, 6.07) is 16.9. The highest BCUT2D eigenvalue weighted by atomic mass is 32.2. The smallest absolute Gasteiger partial charge is 0.227 e. The average molecular weight is 295 g/mol. The van der Waals surface area contributed by atoms with Gasteiger partial charge in [0.2, 0.25) is 5.12 Å². The van der Waals surface area contributed by atoms with Crippen molar-refractivity contribution in [2.45, 2.75) is 4.90 Å². The quantitative estimate of drug-likeness (QED) is 0.680. The Bertz CT molecular complexity index is 796. The summed E-state index contributed by atoms with van der Waals surface area (Å²) in [4.78, 5) is 17.7. The highest BCUT2D eigenvalue weighted by Crippen LogP contribution is 2.31. The Morgan fingerprint density at radius 2 is 1.86 bits per heavy atom. The van der Waals surface area contributed by atoms with Crippen LogP contribution in [-0.4, -0.2) is 17.2 Å². The molecule has 3 nitrogen and oxygen atoms in total. The first kappa shape index (κ1) is 13.6. The van der Waals surface area contributed by atoms with E-state index in [9.17, 15) is 4.79 Å². The summed E-state index contributed by atoms with van der Waals surface area (Å²) in [7, 11) is 1.57. The molecule has 0 saturated heterocycles. The fourth-order valence-electron chi connectivity index (χ4n) is 2.13. The molecule has 0 aliphatic carbocycles. The van der Waals surface area contributed by atoms with Gasteiger partial charge in [0, 0.05) is 16.5 Å². The van der Waals surface area contributed by atoms with Gasteiger partial charge in [0.25, 0.3) is 0 Å². The number of para-hydroxylation sites is 2. The van der Waals surface area contributed by atoms with Crippen molar-refractivity contribution in [3.8, 4) is 5.75 Å². The molecule has 0 atom stereocenters. The molecule has 0 amide bonds. The fraction of sp³-hybridized carbons (Fsp3) is 0.0588. The van der Waals surface area contributed by atoms with Crippen molar-refractivity contribution < 1.29 is 9.53 Å².